The van der Waals surface area contributed by atoms with Gasteiger partial charge in [0.1, 0.15) is 0 Å². The highest BCUT2D eigenvalue weighted by Gasteiger charge is 2.26. The van der Waals surface area contributed by atoms with E-state index >= 15 is 0 Å². The Bertz CT molecular complexity index is 198. The SMILES string of the molecule is CC(C)(N)CS(=O)CCCC(F)(F)F. The Labute approximate surface area is 84.5 Å². The van der Waals surface area contributed by atoms with Crippen LogP contribution in [0.5, 0.6) is 0 Å². The van der Waals surface area contributed by atoms with Crippen molar-refractivity contribution in [3.8, 4) is 0 Å². The smallest absolute Gasteiger partial charge is 0.325 e. The summed E-state index contributed by atoms with van der Waals surface area (Å²) in [6.07, 6.45) is -5.11. The molecule has 0 radical (unpaired) electrons. The molecule has 0 fully saturated rings. The summed E-state index contributed by atoms with van der Waals surface area (Å²) in [5.41, 5.74) is 5.00. The predicted octanol–water partition coefficient (Wildman–Crippen LogP) is 1.81. The summed E-state index contributed by atoms with van der Waals surface area (Å²) >= 11 is 0. The predicted molar refractivity (Wildman–Crippen MR) is 51.4 cm³/mol. The molecule has 0 rings (SSSR count). The van der Waals surface area contributed by atoms with E-state index in [1.54, 1.807) is 13.8 Å². The van der Waals surface area contributed by atoms with E-state index in [1.807, 2.05) is 0 Å². The average Bonchev–Trinajstić information content (AvgIpc) is 1.78. The van der Waals surface area contributed by atoms with E-state index in [9.17, 15) is 17.4 Å². The van der Waals surface area contributed by atoms with Crippen molar-refractivity contribution in [2.45, 2.75) is 38.4 Å². The van der Waals surface area contributed by atoms with Crippen LogP contribution in [0, 0.1) is 0 Å². The molecule has 0 aliphatic carbocycles. The van der Waals surface area contributed by atoms with Crippen LogP contribution in [0.15, 0.2) is 0 Å². The molecule has 86 valence electrons. The maximum absolute atomic E-state index is 11.7. The molecule has 0 amide bonds. The third-order valence-electron chi connectivity index (χ3n) is 1.37. The van der Waals surface area contributed by atoms with Crippen molar-refractivity contribution in [3.05, 3.63) is 0 Å². The highest BCUT2D eigenvalue weighted by Crippen LogP contribution is 2.21. The van der Waals surface area contributed by atoms with Crippen LogP contribution in [0.2, 0.25) is 0 Å². The van der Waals surface area contributed by atoms with Gasteiger partial charge in [-0.15, -0.1) is 0 Å². The molecule has 0 heterocycles. The van der Waals surface area contributed by atoms with Gasteiger partial charge in [-0.1, -0.05) is 0 Å². The first kappa shape index (κ1) is 13.9. The van der Waals surface area contributed by atoms with Gasteiger partial charge < -0.3 is 5.73 Å². The molecule has 0 aliphatic rings. The van der Waals surface area contributed by atoms with Gasteiger partial charge in [0.25, 0.3) is 0 Å². The first-order chi connectivity index (χ1) is 6.10. The quantitative estimate of drug-likeness (QED) is 0.784. The van der Waals surface area contributed by atoms with Gasteiger partial charge in [-0.05, 0) is 20.3 Å². The largest absolute Gasteiger partial charge is 0.389 e. The fraction of sp³-hybridized carbons (Fsp3) is 1.00. The zero-order valence-electron chi connectivity index (χ0n) is 8.36. The number of nitrogens with two attached hydrogens (primary N) is 1. The zero-order chi connectivity index (χ0) is 11.4. The van der Waals surface area contributed by atoms with Crippen LogP contribution in [0.3, 0.4) is 0 Å². The summed E-state index contributed by atoms with van der Waals surface area (Å²) < 4.78 is 46.4. The number of hydrogen-bond donors (Lipinski definition) is 1. The van der Waals surface area contributed by atoms with Crippen molar-refractivity contribution >= 4 is 10.8 Å². The van der Waals surface area contributed by atoms with Gasteiger partial charge in [0.2, 0.25) is 0 Å². The maximum Gasteiger partial charge on any atom is 0.389 e. The third kappa shape index (κ3) is 9.98. The first-order valence-corrected chi connectivity index (χ1v) is 5.79. The van der Waals surface area contributed by atoms with E-state index in [2.05, 4.69) is 0 Å². The molecule has 6 heteroatoms. The Morgan fingerprint density at radius 3 is 2.14 bits per heavy atom. The Balaban J connectivity index is 3.66. The lowest BCUT2D eigenvalue weighted by atomic mass is 10.1. The summed E-state index contributed by atoms with van der Waals surface area (Å²) in [7, 11) is -1.25. The van der Waals surface area contributed by atoms with Crippen LogP contribution in [0.4, 0.5) is 13.2 Å². The minimum atomic E-state index is -4.15. The standard InChI is InChI=1S/C8H16F3NOS/c1-7(2,12)6-14(13)5-3-4-8(9,10)11/h3-6,12H2,1-2H3. The van der Waals surface area contributed by atoms with Crippen molar-refractivity contribution in [2.75, 3.05) is 11.5 Å². The van der Waals surface area contributed by atoms with E-state index in [0.717, 1.165) is 0 Å². The van der Waals surface area contributed by atoms with Gasteiger partial charge in [-0.25, -0.2) is 0 Å². The fourth-order valence-electron chi connectivity index (χ4n) is 0.921. The molecular formula is C8H16F3NOS. The van der Waals surface area contributed by atoms with Gasteiger partial charge in [-0.2, -0.15) is 13.2 Å². The van der Waals surface area contributed by atoms with Crippen molar-refractivity contribution in [1.82, 2.24) is 0 Å². The third-order valence-corrected chi connectivity index (χ3v) is 3.18. The minimum absolute atomic E-state index is 0.0696. The molecule has 2 nitrogen and oxygen atoms in total. The summed E-state index contributed by atoms with van der Waals surface area (Å²) in [5.74, 6) is 0.311. The zero-order valence-corrected chi connectivity index (χ0v) is 9.17. The van der Waals surface area contributed by atoms with Crippen molar-refractivity contribution < 1.29 is 17.4 Å². The lowest BCUT2D eigenvalue weighted by molar-refractivity contribution is -0.134. The molecule has 0 aromatic carbocycles. The second-order valence-electron chi connectivity index (χ2n) is 4.00. The van der Waals surface area contributed by atoms with Crippen molar-refractivity contribution in [2.24, 2.45) is 5.73 Å². The van der Waals surface area contributed by atoms with E-state index in [4.69, 9.17) is 5.73 Å². The second kappa shape index (κ2) is 5.11. The molecule has 1 unspecified atom stereocenters. The molecule has 0 spiro atoms. The molecule has 0 aliphatic heterocycles. The average molecular weight is 231 g/mol. The van der Waals surface area contributed by atoms with E-state index in [-0.39, 0.29) is 17.9 Å². The molecule has 14 heavy (non-hydrogen) atoms. The first-order valence-electron chi connectivity index (χ1n) is 4.31. The molecule has 1 atom stereocenters. The van der Waals surface area contributed by atoms with Crippen LogP contribution < -0.4 is 5.73 Å². The van der Waals surface area contributed by atoms with Crippen LogP contribution in [0.25, 0.3) is 0 Å². The summed E-state index contributed by atoms with van der Waals surface area (Å²) in [5, 5.41) is 0. The van der Waals surface area contributed by atoms with E-state index < -0.39 is 28.9 Å². The molecule has 0 aromatic rings. The van der Waals surface area contributed by atoms with Gasteiger partial charge in [0, 0.05) is 34.3 Å². The molecule has 2 N–H and O–H groups in total. The van der Waals surface area contributed by atoms with Gasteiger partial charge in [-0.3, -0.25) is 4.21 Å². The summed E-state index contributed by atoms with van der Waals surface area (Å²) in [6.45, 7) is 3.41. The maximum atomic E-state index is 11.7. The number of rotatable bonds is 5. The van der Waals surface area contributed by atoms with E-state index in [1.165, 1.54) is 0 Å². The second-order valence-corrected chi connectivity index (χ2v) is 5.57. The normalized spacial score (nSPS) is 15.6. The number of hydrogen-bond acceptors (Lipinski definition) is 2. The topological polar surface area (TPSA) is 43.1 Å². The fourth-order valence-corrected chi connectivity index (χ4v) is 2.36. The lowest BCUT2D eigenvalue weighted by Gasteiger charge is -2.17. The van der Waals surface area contributed by atoms with Crippen LogP contribution in [0.1, 0.15) is 26.7 Å². The minimum Gasteiger partial charge on any atom is -0.325 e. The Morgan fingerprint density at radius 1 is 1.29 bits per heavy atom. The van der Waals surface area contributed by atoms with Gasteiger partial charge in [0.15, 0.2) is 0 Å². The van der Waals surface area contributed by atoms with E-state index in [0.29, 0.717) is 0 Å². The molecular weight excluding hydrogens is 215 g/mol. The van der Waals surface area contributed by atoms with Crippen molar-refractivity contribution in [3.63, 3.8) is 0 Å². The van der Waals surface area contributed by atoms with Gasteiger partial charge in [0.05, 0.1) is 0 Å². The molecule has 0 saturated heterocycles. The number of alkyl halides is 3. The Hall–Kier alpha value is -0.100. The monoisotopic (exact) mass is 231 g/mol. The van der Waals surface area contributed by atoms with Crippen LogP contribution in [-0.2, 0) is 10.8 Å². The summed E-state index contributed by atoms with van der Waals surface area (Å²) in [4.78, 5) is 0. The molecule has 0 aromatic heterocycles. The van der Waals surface area contributed by atoms with Crippen LogP contribution in [-0.4, -0.2) is 27.4 Å². The van der Waals surface area contributed by atoms with Gasteiger partial charge >= 0.3 is 6.18 Å². The summed E-state index contributed by atoms with van der Waals surface area (Å²) in [6, 6.07) is 0. The number of halogens is 3. The van der Waals surface area contributed by atoms with Crippen molar-refractivity contribution in [1.29, 1.82) is 0 Å². The Morgan fingerprint density at radius 2 is 1.79 bits per heavy atom. The lowest BCUT2D eigenvalue weighted by Crippen LogP contribution is -2.38. The Kier molecular flexibility index (Phi) is 5.08. The highest BCUT2D eigenvalue weighted by molar-refractivity contribution is 7.85. The highest BCUT2D eigenvalue weighted by atomic mass is 32.2. The molecule has 0 bridgehead atoms. The molecule has 0 saturated carbocycles. The van der Waals surface area contributed by atoms with Crippen LogP contribution >= 0.6 is 0 Å².